The van der Waals surface area contributed by atoms with Gasteiger partial charge in [0.1, 0.15) is 11.1 Å². The van der Waals surface area contributed by atoms with Crippen LogP contribution in [0.2, 0.25) is 0 Å². The Morgan fingerprint density at radius 2 is 1.66 bits per heavy atom. The molecule has 1 saturated heterocycles. The van der Waals surface area contributed by atoms with Gasteiger partial charge >= 0.3 is 0 Å². The number of pyridine rings is 1. The fraction of sp³-hybridized carbons (Fsp3) is 0.250. The van der Waals surface area contributed by atoms with E-state index < -0.39 is 0 Å². The van der Waals surface area contributed by atoms with E-state index in [1.165, 1.54) is 30.2 Å². The van der Waals surface area contributed by atoms with Gasteiger partial charge in [-0.15, -0.1) is 0 Å². The Labute approximate surface area is 176 Å². The number of amides is 1. The molecular formula is C24H26N3OS+. The number of rotatable bonds is 7. The monoisotopic (exact) mass is 404 g/mol. The van der Waals surface area contributed by atoms with Crippen LogP contribution in [-0.4, -0.2) is 30.5 Å². The van der Waals surface area contributed by atoms with Crippen LogP contribution in [-0.2, 0) is 0 Å². The van der Waals surface area contributed by atoms with Gasteiger partial charge in [-0.2, -0.15) is 0 Å². The molecule has 3 aromatic rings. The molecule has 0 aliphatic carbocycles. The molecule has 29 heavy (non-hydrogen) atoms. The third-order valence-electron chi connectivity index (χ3n) is 5.38. The Kier molecular flexibility index (Phi) is 6.60. The largest absolute Gasteiger partial charge is 0.346 e. The van der Waals surface area contributed by atoms with Crippen molar-refractivity contribution in [3.63, 3.8) is 0 Å². The Balaban J connectivity index is 1.48. The summed E-state index contributed by atoms with van der Waals surface area (Å²) in [4.78, 5) is 20.1. The second kappa shape index (κ2) is 9.72. The molecule has 0 saturated carbocycles. The van der Waals surface area contributed by atoms with Gasteiger partial charge in [0.15, 0.2) is 0 Å². The van der Waals surface area contributed by atoms with E-state index in [4.69, 9.17) is 0 Å². The van der Waals surface area contributed by atoms with Crippen molar-refractivity contribution in [2.75, 3.05) is 19.6 Å². The Hall–Kier alpha value is -2.63. The normalized spacial score (nSPS) is 15.2. The van der Waals surface area contributed by atoms with E-state index in [9.17, 15) is 4.79 Å². The van der Waals surface area contributed by atoms with Crippen LogP contribution >= 0.6 is 11.8 Å². The van der Waals surface area contributed by atoms with Crippen molar-refractivity contribution in [2.24, 2.45) is 0 Å². The minimum Gasteiger partial charge on any atom is -0.346 e. The summed E-state index contributed by atoms with van der Waals surface area (Å²) < 4.78 is 0. The van der Waals surface area contributed by atoms with Crippen LogP contribution in [0.5, 0.6) is 0 Å². The predicted molar refractivity (Wildman–Crippen MR) is 116 cm³/mol. The van der Waals surface area contributed by atoms with Crippen LogP contribution in [0.15, 0.2) is 88.9 Å². The zero-order chi connectivity index (χ0) is 19.9. The fourth-order valence-electron chi connectivity index (χ4n) is 3.90. The molecule has 1 amide bonds. The minimum atomic E-state index is -0.0592. The van der Waals surface area contributed by atoms with Crippen molar-refractivity contribution in [3.05, 3.63) is 90.1 Å². The number of nitrogens with one attached hydrogen (secondary N) is 2. The highest BCUT2D eigenvalue weighted by Gasteiger charge is 2.28. The number of benzene rings is 2. The Morgan fingerprint density at radius 1 is 0.966 bits per heavy atom. The van der Waals surface area contributed by atoms with Gasteiger partial charge in [0.25, 0.3) is 5.91 Å². The van der Waals surface area contributed by atoms with E-state index in [1.807, 2.05) is 48.5 Å². The summed E-state index contributed by atoms with van der Waals surface area (Å²) in [5.41, 5.74) is 1.92. The smallest absolute Gasteiger partial charge is 0.254 e. The van der Waals surface area contributed by atoms with Gasteiger partial charge in [-0.3, -0.25) is 4.79 Å². The maximum Gasteiger partial charge on any atom is 0.254 e. The standard InChI is InChI=1S/C24H25N3OS/c28-23(21-14-9-15-25-24(21)29-20-12-5-2-6-13-20)26-18-22(27-16-7-8-17-27)19-10-3-1-4-11-19/h1-6,9-15,22H,7-8,16-18H2,(H,26,28)/p+1/t22-/m1/s1. The topological polar surface area (TPSA) is 46.4 Å². The molecule has 2 heterocycles. The molecule has 2 aromatic carbocycles. The van der Waals surface area contributed by atoms with Gasteiger partial charge in [-0.1, -0.05) is 60.3 Å². The maximum atomic E-state index is 13.0. The second-order valence-corrected chi connectivity index (χ2v) is 8.37. The van der Waals surface area contributed by atoms with Crippen molar-refractivity contribution in [2.45, 2.75) is 28.8 Å². The molecule has 0 unspecified atom stereocenters. The van der Waals surface area contributed by atoms with Crippen molar-refractivity contribution in [3.8, 4) is 0 Å². The quantitative estimate of drug-likeness (QED) is 0.635. The molecule has 1 aliphatic rings. The van der Waals surface area contributed by atoms with E-state index in [-0.39, 0.29) is 11.9 Å². The van der Waals surface area contributed by atoms with Crippen molar-refractivity contribution in [1.29, 1.82) is 0 Å². The molecule has 4 rings (SSSR count). The van der Waals surface area contributed by atoms with Crippen molar-refractivity contribution in [1.82, 2.24) is 10.3 Å². The Bertz CT molecular complexity index is 927. The molecular weight excluding hydrogens is 378 g/mol. The molecule has 0 bridgehead atoms. The van der Waals surface area contributed by atoms with Gasteiger partial charge in [0, 0.05) is 29.5 Å². The van der Waals surface area contributed by atoms with E-state index in [0.717, 1.165) is 23.0 Å². The number of carbonyl (C=O) groups excluding carboxylic acids is 1. The molecule has 1 aliphatic heterocycles. The van der Waals surface area contributed by atoms with Crippen LogP contribution in [0.1, 0.15) is 34.8 Å². The lowest BCUT2D eigenvalue weighted by molar-refractivity contribution is -0.918. The number of quaternary nitrogens is 1. The van der Waals surface area contributed by atoms with E-state index in [0.29, 0.717) is 12.1 Å². The van der Waals surface area contributed by atoms with Gasteiger partial charge in [0.2, 0.25) is 0 Å². The zero-order valence-corrected chi connectivity index (χ0v) is 17.2. The van der Waals surface area contributed by atoms with Crippen molar-refractivity contribution >= 4 is 17.7 Å². The van der Waals surface area contributed by atoms with Gasteiger partial charge in [-0.05, 0) is 24.3 Å². The summed E-state index contributed by atoms with van der Waals surface area (Å²) in [6.45, 7) is 2.96. The summed E-state index contributed by atoms with van der Waals surface area (Å²) in [6, 6.07) is 24.5. The second-order valence-electron chi connectivity index (χ2n) is 7.31. The van der Waals surface area contributed by atoms with Crippen LogP contribution in [0, 0.1) is 0 Å². The van der Waals surface area contributed by atoms with Crippen LogP contribution < -0.4 is 10.2 Å². The van der Waals surface area contributed by atoms with Crippen LogP contribution in [0.3, 0.4) is 0 Å². The molecule has 1 fully saturated rings. The highest BCUT2D eigenvalue weighted by atomic mass is 32.2. The summed E-state index contributed by atoms with van der Waals surface area (Å²) in [5, 5.41) is 3.92. The highest BCUT2D eigenvalue weighted by Crippen LogP contribution is 2.28. The molecule has 148 valence electrons. The average molecular weight is 405 g/mol. The minimum absolute atomic E-state index is 0.0592. The first-order chi connectivity index (χ1) is 14.3. The van der Waals surface area contributed by atoms with Crippen molar-refractivity contribution < 1.29 is 9.69 Å². The van der Waals surface area contributed by atoms with E-state index in [2.05, 4.69) is 34.6 Å². The van der Waals surface area contributed by atoms with Gasteiger partial charge in [0.05, 0.1) is 25.2 Å². The lowest BCUT2D eigenvalue weighted by Gasteiger charge is -2.25. The number of aromatic nitrogens is 1. The lowest BCUT2D eigenvalue weighted by atomic mass is 10.1. The number of carbonyl (C=O) groups is 1. The number of hydrogen-bond donors (Lipinski definition) is 2. The van der Waals surface area contributed by atoms with Crippen LogP contribution in [0.25, 0.3) is 0 Å². The first-order valence-corrected chi connectivity index (χ1v) is 11.0. The molecule has 1 aromatic heterocycles. The first kappa shape index (κ1) is 19.7. The number of likely N-dealkylation sites (tertiary alicyclic amines) is 1. The van der Waals surface area contributed by atoms with E-state index in [1.54, 1.807) is 11.1 Å². The summed E-state index contributed by atoms with van der Waals surface area (Å²) in [6.07, 6.45) is 4.25. The predicted octanol–water partition coefficient (Wildman–Crippen LogP) is 3.38. The highest BCUT2D eigenvalue weighted by molar-refractivity contribution is 7.99. The van der Waals surface area contributed by atoms with Gasteiger partial charge in [-0.25, -0.2) is 4.98 Å². The summed E-state index contributed by atoms with van der Waals surface area (Å²) in [7, 11) is 0. The Morgan fingerprint density at radius 3 is 2.38 bits per heavy atom. The summed E-state index contributed by atoms with van der Waals surface area (Å²) in [5.74, 6) is -0.0592. The summed E-state index contributed by atoms with van der Waals surface area (Å²) >= 11 is 1.52. The molecule has 1 atom stereocenters. The van der Waals surface area contributed by atoms with Crippen LogP contribution in [0.4, 0.5) is 0 Å². The SMILES string of the molecule is O=C(NC[C@H](c1ccccc1)[NH+]1CCCC1)c1cccnc1Sc1ccccc1. The molecule has 0 radical (unpaired) electrons. The lowest BCUT2D eigenvalue weighted by Crippen LogP contribution is -3.11. The number of hydrogen-bond acceptors (Lipinski definition) is 3. The third kappa shape index (κ3) is 5.05. The molecule has 2 N–H and O–H groups in total. The fourth-order valence-corrected chi connectivity index (χ4v) is 4.80. The maximum absolute atomic E-state index is 13.0. The third-order valence-corrected chi connectivity index (χ3v) is 6.41. The molecule has 4 nitrogen and oxygen atoms in total. The number of nitrogens with zero attached hydrogens (tertiary/aromatic N) is 1. The molecule has 5 heteroatoms. The first-order valence-electron chi connectivity index (χ1n) is 10.2. The van der Waals surface area contributed by atoms with Gasteiger partial charge < -0.3 is 10.2 Å². The zero-order valence-electron chi connectivity index (χ0n) is 16.4. The van der Waals surface area contributed by atoms with E-state index >= 15 is 0 Å². The molecule has 0 spiro atoms. The average Bonchev–Trinajstić information content (AvgIpc) is 3.30.